The Hall–Kier alpha value is -2.80. The first-order chi connectivity index (χ1) is 12.1. The third kappa shape index (κ3) is 4.84. The number of rotatable bonds is 6. The summed E-state index contributed by atoms with van der Waals surface area (Å²) in [5.74, 6) is 0.0399. The molecular weight excluding hydrogens is 348 g/mol. The zero-order chi connectivity index (χ0) is 17.6. The van der Waals surface area contributed by atoms with Crippen LogP contribution in [0.25, 0.3) is 0 Å². The molecule has 0 aliphatic rings. The van der Waals surface area contributed by atoms with Crippen LogP contribution in [0.15, 0.2) is 48.7 Å². The molecule has 0 atom stereocenters. The van der Waals surface area contributed by atoms with E-state index in [-0.39, 0.29) is 16.8 Å². The normalized spacial score (nSPS) is 10.5. The summed E-state index contributed by atoms with van der Waals surface area (Å²) < 4.78 is 26.0. The van der Waals surface area contributed by atoms with Gasteiger partial charge in [-0.2, -0.15) is 10.1 Å². The van der Waals surface area contributed by atoms with Crippen LogP contribution in [0, 0.1) is 11.6 Å². The highest BCUT2D eigenvalue weighted by atomic mass is 35.5. The van der Waals surface area contributed by atoms with Crippen LogP contribution < -0.4 is 10.6 Å². The van der Waals surface area contributed by atoms with Gasteiger partial charge in [0.1, 0.15) is 11.6 Å². The molecule has 128 valence electrons. The fourth-order valence-electron chi connectivity index (χ4n) is 2.13. The van der Waals surface area contributed by atoms with E-state index in [9.17, 15) is 8.78 Å². The van der Waals surface area contributed by atoms with Gasteiger partial charge in [-0.25, -0.2) is 8.78 Å². The second-order valence-corrected chi connectivity index (χ2v) is 5.63. The van der Waals surface area contributed by atoms with Gasteiger partial charge in [0.25, 0.3) is 0 Å². The van der Waals surface area contributed by atoms with Crippen LogP contribution in [0.5, 0.6) is 0 Å². The first-order valence-corrected chi connectivity index (χ1v) is 7.88. The van der Waals surface area contributed by atoms with Crippen molar-refractivity contribution in [2.45, 2.75) is 6.42 Å². The van der Waals surface area contributed by atoms with E-state index in [1.807, 2.05) is 0 Å². The van der Waals surface area contributed by atoms with Gasteiger partial charge in [-0.15, -0.1) is 5.10 Å². The van der Waals surface area contributed by atoms with Gasteiger partial charge in [0.15, 0.2) is 5.82 Å². The molecule has 2 N–H and O–H groups in total. The molecule has 0 fully saturated rings. The second-order valence-electron chi connectivity index (χ2n) is 5.22. The second kappa shape index (κ2) is 7.85. The van der Waals surface area contributed by atoms with Crippen molar-refractivity contribution < 1.29 is 8.78 Å². The predicted molar refractivity (Wildman–Crippen MR) is 93.1 cm³/mol. The fourth-order valence-corrected chi connectivity index (χ4v) is 2.31. The molecule has 0 spiro atoms. The van der Waals surface area contributed by atoms with Crippen molar-refractivity contribution in [1.29, 1.82) is 0 Å². The minimum absolute atomic E-state index is 0.00605. The summed E-state index contributed by atoms with van der Waals surface area (Å²) in [4.78, 5) is 4.27. The molecule has 3 aromatic rings. The molecule has 3 rings (SSSR count). The van der Waals surface area contributed by atoms with E-state index in [0.717, 1.165) is 5.56 Å². The van der Waals surface area contributed by atoms with Crippen LogP contribution >= 0.6 is 11.6 Å². The molecule has 0 saturated carbocycles. The molecule has 0 saturated heterocycles. The molecule has 1 heterocycles. The van der Waals surface area contributed by atoms with Crippen LogP contribution in [-0.2, 0) is 6.42 Å². The van der Waals surface area contributed by atoms with E-state index >= 15 is 0 Å². The van der Waals surface area contributed by atoms with Gasteiger partial charge in [0, 0.05) is 12.2 Å². The zero-order valence-corrected chi connectivity index (χ0v) is 13.8. The van der Waals surface area contributed by atoms with Gasteiger partial charge in [-0.1, -0.05) is 23.7 Å². The van der Waals surface area contributed by atoms with Crippen LogP contribution in [0.4, 0.5) is 26.2 Å². The number of nitrogens with one attached hydrogen (secondary N) is 2. The van der Waals surface area contributed by atoms with E-state index in [1.54, 1.807) is 12.1 Å². The van der Waals surface area contributed by atoms with Gasteiger partial charge in [0.2, 0.25) is 5.95 Å². The third-order valence-electron chi connectivity index (χ3n) is 3.37. The van der Waals surface area contributed by atoms with Gasteiger partial charge < -0.3 is 10.6 Å². The van der Waals surface area contributed by atoms with Crippen LogP contribution in [-0.4, -0.2) is 21.7 Å². The molecule has 8 heteroatoms. The molecule has 0 amide bonds. The van der Waals surface area contributed by atoms with E-state index < -0.39 is 5.82 Å². The zero-order valence-electron chi connectivity index (χ0n) is 13.0. The maximum absolute atomic E-state index is 13.2. The summed E-state index contributed by atoms with van der Waals surface area (Å²) in [5, 5.41) is 13.8. The number of benzene rings is 2. The molecule has 0 aliphatic carbocycles. The Balaban J connectivity index is 1.59. The molecule has 1 aromatic heterocycles. The maximum Gasteiger partial charge on any atom is 0.249 e. The van der Waals surface area contributed by atoms with Gasteiger partial charge in [-0.05, 0) is 42.3 Å². The van der Waals surface area contributed by atoms with E-state index in [4.69, 9.17) is 11.6 Å². The number of halogens is 3. The quantitative estimate of drug-likeness (QED) is 0.689. The maximum atomic E-state index is 13.2. The first-order valence-electron chi connectivity index (χ1n) is 7.50. The Morgan fingerprint density at radius 1 is 1.04 bits per heavy atom. The van der Waals surface area contributed by atoms with Crippen molar-refractivity contribution >= 4 is 29.1 Å². The summed E-state index contributed by atoms with van der Waals surface area (Å²) in [6.45, 7) is 0.603. The number of nitrogens with zero attached hydrogens (tertiary/aromatic N) is 3. The van der Waals surface area contributed by atoms with Crippen molar-refractivity contribution in [2.75, 3.05) is 17.2 Å². The highest BCUT2D eigenvalue weighted by Crippen LogP contribution is 2.21. The van der Waals surface area contributed by atoms with Gasteiger partial charge in [-0.3, -0.25) is 0 Å². The standard InChI is InChI=1S/C17H14ClF2N5/c18-14-9-13(5-6-15(14)20)23-17-24-16(10-22-25-17)21-8-7-11-1-3-12(19)4-2-11/h1-6,9-10H,7-8H2,(H2,21,23,24,25). The minimum Gasteiger partial charge on any atom is -0.368 e. The van der Waals surface area contributed by atoms with Gasteiger partial charge >= 0.3 is 0 Å². The van der Waals surface area contributed by atoms with Crippen molar-refractivity contribution in [1.82, 2.24) is 15.2 Å². The molecule has 0 aliphatic heterocycles. The largest absolute Gasteiger partial charge is 0.368 e. The lowest BCUT2D eigenvalue weighted by Gasteiger charge is -2.08. The summed E-state index contributed by atoms with van der Waals surface area (Å²) in [5.41, 5.74) is 1.56. The molecule has 5 nitrogen and oxygen atoms in total. The summed E-state index contributed by atoms with van der Waals surface area (Å²) in [6.07, 6.45) is 2.20. The van der Waals surface area contributed by atoms with Crippen LogP contribution in [0.2, 0.25) is 5.02 Å². The number of hydrogen-bond acceptors (Lipinski definition) is 5. The SMILES string of the molecule is Fc1ccc(CCNc2cnnc(Nc3ccc(F)c(Cl)c3)n2)cc1. The lowest BCUT2D eigenvalue weighted by atomic mass is 10.1. The topological polar surface area (TPSA) is 62.7 Å². The lowest BCUT2D eigenvalue weighted by Crippen LogP contribution is -2.08. The third-order valence-corrected chi connectivity index (χ3v) is 3.66. The van der Waals surface area contributed by atoms with E-state index in [0.29, 0.717) is 24.5 Å². The number of anilines is 3. The molecule has 25 heavy (non-hydrogen) atoms. The molecule has 0 bridgehead atoms. The van der Waals surface area contributed by atoms with Crippen molar-refractivity contribution in [3.63, 3.8) is 0 Å². The van der Waals surface area contributed by atoms with Crippen LogP contribution in [0.3, 0.4) is 0 Å². The molecule has 0 unspecified atom stereocenters. The smallest absolute Gasteiger partial charge is 0.249 e. The summed E-state index contributed by atoms with van der Waals surface area (Å²) >= 11 is 5.74. The van der Waals surface area contributed by atoms with Crippen molar-refractivity contribution in [3.8, 4) is 0 Å². The predicted octanol–water partition coefficient (Wildman–Crippen LogP) is 4.20. The molecule has 2 aromatic carbocycles. The fraction of sp³-hybridized carbons (Fsp3) is 0.118. The Morgan fingerprint density at radius 2 is 1.84 bits per heavy atom. The first kappa shape index (κ1) is 17.0. The summed E-state index contributed by atoms with van der Waals surface area (Å²) in [7, 11) is 0. The van der Waals surface area contributed by atoms with Crippen molar-refractivity contribution in [3.05, 3.63) is 70.9 Å². The van der Waals surface area contributed by atoms with E-state index in [1.165, 1.54) is 36.5 Å². The Kier molecular flexibility index (Phi) is 5.35. The van der Waals surface area contributed by atoms with Gasteiger partial charge in [0.05, 0.1) is 11.2 Å². The summed E-state index contributed by atoms with van der Waals surface area (Å²) in [6, 6.07) is 10.5. The number of hydrogen-bond donors (Lipinski definition) is 2. The van der Waals surface area contributed by atoms with E-state index in [2.05, 4.69) is 25.8 Å². The number of aromatic nitrogens is 3. The average molecular weight is 362 g/mol. The lowest BCUT2D eigenvalue weighted by molar-refractivity contribution is 0.627. The minimum atomic E-state index is -0.498. The highest BCUT2D eigenvalue weighted by molar-refractivity contribution is 6.31. The average Bonchev–Trinajstić information content (AvgIpc) is 2.60. The highest BCUT2D eigenvalue weighted by Gasteiger charge is 2.04. The molecule has 0 radical (unpaired) electrons. The van der Waals surface area contributed by atoms with Crippen molar-refractivity contribution in [2.24, 2.45) is 0 Å². The Bertz CT molecular complexity index is 858. The Morgan fingerprint density at radius 3 is 2.60 bits per heavy atom. The van der Waals surface area contributed by atoms with Crippen LogP contribution in [0.1, 0.15) is 5.56 Å². The Labute approximate surface area is 148 Å². The molecular formula is C17H14ClF2N5. The monoisotopic (exact) mass is 361 g/mol.